The van der Waals surface area contributed by atoms with Gasteiger partial charge in [-0.3, -0.25) is 0 Å². The van der Waals surface area contributed by atoms with Crippen LogP contribution in [0.25, 0.3) is 5.69 Å². The minimum Gasteiger partial charge on any atom is -0.495 e. The van der Waals surface area contributed by atoms with Crippen molar-refractivity contribution in [3.63, 3.8) is 0 Å². The second-order valence-corrected chi connectivity index (χ2v) is 6.15. The summed E-state index contributed by atoms with van der Waals surface area (Å²) >= 11 is 3.44. The van der Waals surface area contributed by atoms with E-state index in [1.54, 1.807) is 11.8 Å². The Morgan fingerprint density at radius 1 is 1.33 bits per heavy atom. The molecule has 6 nitrogen and oxygen atoms in total. The number of tetrazole rings is 1. The van der Waals surface area contributed by atoms with Crippen molar-refractivity contribution in [2.75, 3.05) is 13.7 Å². The molecule has 1 atom stereocenters. The molecule has 0 spiro atoms. The molecule has 1 aromatic heterocycles. The number of aromatic nitrogens is 4. The average Bonchev–Trinajstić information content (AvgIpc) is 2.94. The molecule has 21 heavy (non-hydrogen) atoms. The van der Waals surface area contributed by atoms with Crippen molar-refractivity contribution in [1.29, 1.82) is 0 Å². The Morgan fingerprint density at radius 3 is 2.76 bits per heavy atom. The van der Waals surface area contributed by atoms with E-state index in [2.05, 4.69) is 57.5 Å². The van der Waals surface area contributed by atoms with Crippen LogP contribution in [0.1, 0.15) is 32.6 Å². The van der Waals surface area contributed by atoms with Gasteiger partial charge in [-0.2, -0.15) is 4.68 Å². The molecule has 1 heterocycles. The third-order valence-corrected chi connectivity index (χ3v) is 3.75. The quantitative estimate of drug-likeness (QED) is 0.864. The summed E-state index contributed by atoms with van der Waals surface area (Å²) in [5.41, 5.74) is 0.869. The number of methoxy groups -OCH3 is 1. The fraction of sp³-hybridized carbons (Fsp3) is 0.500. The molecule has 1 unspecified atom stereocenters. The second-order valence-electron chi connectivity index (χ2n) is 5.29. The van der Waals surface area contributed by atoms with E-state index in [-0.39, 0.29) is 6.04 Å². The van der Waals surface area contributed by atoms with E-state index in [9.17, 15) is 0 Å². The maximum absolute atomic E-state index is 5.32. The number of ether oxygens (including phenoxy) is 1. The highest BCUT2D eigenvalue weighted by atomic mass is 79.9. The number of nitrogens with zero attached hydrogens (tertiary/aromatic N) is 4. The number of hydrogen-bond acceptors (Lipinski definition) is 5. The summed E-state index contributed by atoms with van der Waals surface area (Å²) in [7, 11) is 1.64. The first-order chi connectivity index (χ1) is 10.0. The van der Waals surface area contributed by atoms with Gasteiger partial charge in [0.1, 0.15) is 5.75 Å². The Labute approximate surface area is 133 Å². The van der Waals surface area contributed by atoms with Crippen molar-refractivity contribution in [3.05, 3.63) is 28.5 Å². The Kier molecular flexibility index (Phi) is 5.30. The summed E-state index contributed by atoms with van der Waals surface area (Å²) in [6.45, 7) is 7.31. The Balaban J connectivity index is 2.27. The summed E-state index contributed by atoms with van der Waals surface area (Å²) < 4.78 is 7.95. The largest absolute Gasteiger partial charge is 0.495 e. The van der Waals surface area contributed by atoms with Crippen LogP contribution in [0.5, 0.6) is 5.75 Å². The van der Waals surface area contributed by atoms with Crippen LogP contribution >= 0.6 is 15.9 Å². The van der Waals surface area contributed by atoms with Gasteiger partial charge < -0.3 is 10.1 Å². The first-order valence-corrected chi connectivity index (χ1v) is 7.67. The van der Waals surface area contributed by atoms with E-state index in [0.717, 1.165) is 28.3 Å². The lowest BCUT2D eigenvalue weighted by Gasteiger charge is -2.15. The number of hydrogen-bond donors (Lipinski definition) is 1. The molecule has 2 rings (SSSR count). The van der Waals surface area contributed by atoms with Gasteiger partial charge in [-0.05, 0) is 57.9 Å². The summed E-state index contributed by atoms with van der Waals surface area (Å²) in [5, 5.41) is 15.4. The summed E-state index contributed by atoms with van der Waals surface area (Å²) in [5.74, 6) is 2.10. The standard InChI is InChI=1S/C14H20BrN5O/c1-9(2)8-16-10(3)14-17-18-19-20(14)11-5-6-12(15)13(7-11)21-4/h5-7,9-10,16H,8H2,1-4H3. The van der Waals surface area contributed by atoms with E-state index in [0.29, 0.717) is 5.92 Å². The minimum absolute atomic E-state index is 0.0667. The highest BCUT2D eigenvalue weighted by Gasteiger charge is 2.16. The average molecular weight is 354 g/mol. The third kappa shape index (κ3) is 3.79. The fourth-order valence-electron chi connectivity index (χ4n) is 1.93. The molecular formula is C14H20BrN5O. The Morgan fingerprint density at radius 2 is 2.10 bits per heavy atom. The molecule has 0 aliphatic heterocycles. The highest BCUT2D eigenvalue weighted by molar-refractivity contribution is 9.10. The molecule has 0 fully saturated rings. The number of benzene rings is 1. The van der Waals surface area contributed by atoms with Gasteiger partial charge in [0.2, 0.25) is 0 Å². The number of rotatable bonds is 6. The monoisotopic (exact) mass is 353 g/mol. The van der Waals surface area contributed by atoms with Crippen molar-refractivity contribution in [2.45, 2.75) is 26.8 Å². The number of nitrogens with one attached hydrogen (secondary N) is 1. The molecule has 0 aliphatic carbocycles. The van der Waals surface area contributed by atoms with Crippen LogP contribution < -0.4 is 10.1 Å². The van der Waals surface area contributed by atoms with Crippen molar-refractivity contribution in [2.24, 2.45) is 5.92 Å². The molecule has 0 radical (unpaired) electrons. The summed E-state index contributed by atoms with van der Waals surface area (Å²) in [6, 6.07) is 5.84. The van der Waals surface area contributed by atoms with Gasteiger partial charge in [-0.1, -0.05) is 13.8 Å². The SMILES string of the molecule is COc1cc(-n2nnnc2C(C)NCC(C)C)ccc1Br. The predicted octanol–water partition coefficient (Wildman–Crippen LogP) is 2.74. The van der Waals surface area contributed by atoms with Crippen molar-refractivity contribution in [1.82, 2.24) is 25.5 Å². The van der Waals surface area contributed by atoms with Crippen LogP contribution in [0.3, 0.4) is 0 Å². The van der Waals surface area contributed by atoms with Crippen LogP contribution in [0.4, 0.5) is 0 Å². The highest BCUT2D eigenvalue weighted by Crippen LogP contribution is 2.27. The fourth-order valence-corrected chi connectivity index (χ4v) is 2.34. The van der Waals surface area contributed by atoms with Gasteiger partial charge in [0, 0.05) is 6.07 Å². The summed E-state index contributed by atoms with van der Waals surface area (Å²) in [4.78, 5) is 0. The normalized spacial score (nSPS) is 12.7. The topological polar surface area (TPSA) is 64.9 Å². The van der Waals surface area contributed by atoms with Crippen LogP contribution in [0, 0.1) is 5.92 Å². The lowest BCUT2D eigenvalue weighted by atomic mass is 10.2. The molecule has 2 aromatic rings. The van der Waals surface area contributed by atoms with Crippen molar-refractivity contribution >= 4 is 15.9 Å². The maximum Gasteiger partial charge on any atom is 0.173 e. The molecule has 0 bridgehead atoms. The first kappa shape index (κ1) is 15.9. The van der Waals surface area contributed by atoms with E-state index in [1.807, 2.05) is 18.2 Å². The Bertz CT molecular complexity index is 599. The molecule has 0 saturated carbocycles. The van der Waals surface area contributed by atoms with E-state index < -0.39 is 0 Å². The van der Waals surface area contributed by atoms with E-state index in [1.165, 1.54) is 0 Å². The molecule has 7 heteroatoms. The predicted molar refractivity (Wildman–Crippen MR) is 84.7 cm³/mol. The van der Waals surface area contributed by atoms with E-state index in [4.69, 9.17) is 4.74 Å². The zero-order valence-electron chi connectivity index (χ0n) is 12.7. The van der Waals surface area contributed by atoms with Gasteiger partial charge >= 0.3 is 0 Å². The molecule has 0 aliphatic rings. The molecule has 0 amide bonds. The smallest absolute Gasteiger partial charge is 0.173 e. The molecule has 1 N–H and O–H groups in total. The second kappa shape index (κ2) is 7.00. The molecule has 114 valence electrons. The van der Waals surface area contributed by atoms with Gasteiger partial charge in [-0.25, -0.2) is 0 Å². The first-order valence-electron chi connectivity index (χ1n) is 6.88. The number of halogens is 1. The van der Waals surface area contributed by atoms with Crippen LogP contribution in [-0.4, -0.2) is 33.9 Å². The zero-order valence-corrected chi connectivity index (χ0v) is 14.3. The summed E-state index contributed by atoms with van der Waals surface area (Å²) in [6.07, 6.45) is 0. The van der Waals surface area contributed by atoms with Crippen LogP contribution in [0.15, 0.2) is 22.7 Å². The van der Waals surface area contributed by atoms with Crippen molar-refractivity contribution in [3.8, 4) is 11.4 Å². The maximum atomic E-state index is 5.32. The lowest BCUT2D eigenvalue weighted by molar-refractivity contribution is 0.411. The van der Waals surface area contributed by atoms with Crippen LogP contribution in [-0.2, 0) is 0 Å². The molecule has 1 aromatic carbocycles. The Hall–Kier alpha value is -1.47. The van der Waals surface area contributed by atoms with E-state index >= 15 is 0 Å². The minimum atomic E-state index is 0.0667. The van der Waals surface area contributed by atoms with Gasteiger partial charge in [0.05, 0.1) is 23.3 Å². The van der Waals surface area contributed by atoms with Crippen molar-refractivity contribution < 1.29 is 4.74 Å². The van der Waals surface area contributed by atoms with Crippen LogP contribution in [0.2, 0.25) is 0 Å². The van der Waals surface area contributed by atoms with Gasteiger partial charge in [0.25, 0.3) is 0 Å². The van der Waals surface area contributed by atoms with Gasteiger partial charge in [0.15, 0.2) is 5.82 Å². The third-order valence-electron chi connectivity index (χ3n) is 3.09. The zero-order chi connectivity index (χ0) is 15.4. The molecular weight excluding hydrogens is 334 g/mol. The lowest BCUT2D eigenvalue weighted by Crippen LogP contribution is -2.25. The molecule has 0 saturated heterocycles. The van der Waals surface area contributed by atoms with Gasteiger partial charge in [-0.15, -0.1) is 5.10 Å².